The predicted molar refractivity (Wildman–Crippen MR) is 144 cm³/mol. The fraction of sp³-hybridized carbons (Fsp3) is 0.348. The molecule has 1 heterocycles. The number of nitrogens with zero attached hydrogens (tertiary/aromatic N) is 3. The Morgan fingerprint density at radius 1 is 1.23 bits per heavy atom. The first-order chi connectivity index (χ1) is 16.6. The lowest BCUT2D eigenvalue weighted by Crippen LogP contribution is -2.44. The molecule has 3 rings (SSSR count). The number of halogens is 3. The molecule has 0 atom stereocenters. The summed E-state index contributed by atoms with van der Waals surface area (Å²) in [6.45, 7) is 8.30. The van der Waals surface area contributed by atoms with Crippen molar-refractivity contribution in [2.75, 3.05) is 44.8 Å². The minimum Gasteiger partial charge on any atom is -0.380 e. The van der Waals surface area contributed by atoms with Gasteiger partial charge in [-0.05, 0) is 49.3 Å². The van der Waals surface area contributed by atoms with Crippen molar-refractivity contribution in [2.24, 2.45) is 4.99 Å². The number of aliphatic imine (C=N–C) groups is 1. The standard InChI is InChI=1S/C23H28Cl2FN5O2S2/c1-27-23(15-34-3)29-35(32,33)22-11-19(25)21(12-20(22)26)28-13-17-16(5-4-6-18(17)24)14-31-9-7-30(2)8-10-31/h4-6,11-12,15,28-29H,1,7-10,13-14H2,2-3H3/b23-15+. The highest BCUT2D eigenvalue weighted by Crippen LogP contribution is 2.30. The number of anilines is 1. The first-order valence-electron chi connectivity index (χ1n) is 10.8. The normalized spacial score (nSPS) is 15.7. The van der Waals surface area contributed by atoms with Gasteiger partial charge in [-0.15, -0.1) is 11.8 Å². The SMILES string of the molecule is C=N/C(=C\SC)NS(=O)(=O)c1cc(Cl)c(NCc2c(Cl)cccc2CN2CCN(C)CC2)cc1F. The zero-order chi connectivity index (χ0) is 25.6. The van der Waals surface area contributed by atoms with E-state index in [-0.39, 0.29) is 16.5 Å². The van der Waals surface area contributed by atoms with E-state index in [4.69, 9.17) is 23.2 Å². The van der Waals surface area contributed by atoms with Crippen LogP contribution in [0.2, 0.25) is 10.0 Å². The van der Waals surface area contributed by atoms with Crippen molar-refractivity contribution >= 4 is 57.4 Å². The van der Waals surface area contributed by atoms with Gasteiger partial charge in [0.2, 0.25) is 0 Å². The molecule has 1 fully saturated rings. The topological polar surface area (TPSA) is 77.0 Å². The Kier molecular flexibility index (Phi) is 9.86. The molecule has 2 N–H and O–H groups in total. The Labute approximate surface area is 220 Å². The molecule has 0 radical (unpaired) electrons. The second-order valence-electron chi connectivity index (χ2n) is 8.08. The van der Waals surface area contributed by atoms with Gasteiger partial charge >= 0.3 is 0 Å². The summed E-state index contributed by atoms with van der Waals surface area (Å²) in [6, 6.07) is 7.88. The van der Waals surface area contributed by atoms with Gasteiger partial charge in [-0.1, -0.05) is 35.3 Å². The molecular weight excluding hydrogens is 532 g/mol. The maximum Gasteiger partial charge on any atom is 0.266 e. The van der Waals surface area contributed by atoms with Crippen molar-refractivity contribution in [1.29, 1.82) is 0 Å². The number of nitrogens with one attached hydrogen (secondary N) is 2. The van der Waals surface area contributed by atoms with Gasteiger partial charge in [0.1, 0.15) is 16.5 Å². The zero-order valence-electron chi connectivity index (χ0n) is 19.5. The fourth-order valence-corrected chi connectivity index (χ4v) is 5.73. The molecule has 7 nitrogen and oxygen atoms in total. The van der Waals surface area contributed by atoms with Crippen LogP contribution >= 0.6 is 35.0 Å². The number of hydrogen-bond donors (Lipinski definition) is 2. The molecular formula is C23H28Cl2FN5O2S2. The second kappa shape index (κ2) is 12.4. The van der Waals surface area contributed by atoms with E-state index in [0.29, 0.717) is 11.6 Å². The number of piperazine rings is 1. The molecule has 0 aliphatic carbocycles. The third-order valence-electron chi connectivity index (χ3n) is 5.61. The van der Waals surface area contributed by atoms with Gasteiger partial charge < -0.3 is 10.2 Å². The van der Waals surface area contributed by atoms with E-state index in [0.717, 1.165) is 56.0 Å². The van der Waals surface area contributed by atoms with Crippen molar-refractivity contribution in [3.05, 3.63) is 68.6 Å². The summed E-state index contributed by atoms with van der Waals surface area (Å²) in [5.74, 6) is -0.962. The first-order valence-corrected chi connectivity index (χ1v) is 14.3. The van der Waals surface area contributed by atoms with Crippen molar-refractivity contribution in [3.63, 3.8) is 0 Å². The molecule has 0 amide bonds. The first kappa shape index (κ1) is 27.8. The fourth-order valence-electron chi connectivity index (χ4n) is 3.65. The van der Waals surface area contributed by atoms with Crippen molar-refractivity contribution in [3.8, 4) is 0 Å². The molecule has 1 aliphatic heterocycles. The van der Waals surface area contributed by atoms with Gasteiger partial charge in [0.15, 0.2) is 0 Å². The highest BCUT2D eigenvalue weighted by molar-refractivity contribution is 8.01. The summed E-state index contributed by atoms with van der Waals surface area (Å²) in [4.78, 5) is 7.67. The molecule has 12 heteroatoms. The Balaban J connectivity index is 1.78. The van der Waals surface area contributed by atoms with Crippen LogP contribution in [0.3, 0.4) is 0 Å². The molecule has 1 saturated heterocycles. The van der Waals surface area contributed by atoms with Crippen LogP contribution < -0.4 is 10.0 Å². The number of benzene rings is 2. The van der Waals surface area contributed by atoms with Gasteiger partial charge in [0.05, 0.1) is 10.7 Å². The van der Waals surface area contributed by atoms with E-state index in [9.17, 15) is 12.8 Å². The average Bonchev–Trinajstić information content (AvgIpc) is 2.81. The van der Waals surface area contributed by atoms with Crippen molar-refractivity contribution < 1.29 is 12.8 Å². The van der Waals surface area contributed by atoms with Crippen LogP contribution in [0.25, 0.3) is 0 Å². The lowest BCUT2D eigenvalue weighted by Gasteiger charge is -2.33. The average molecular weight is 561 g/mol. The molecule has 0 aromatic heterocycles. The molecule has 35 heavy (non-hydrogen) atoms. The molecule has 0 unspecified atom stereocenters. The summed E-state index contributed by atoms with van der Waals surface area (Å²) in [6.07, 6.45) is 1.73. The minimum absolute atomic E-state index is 0.0122. The van der Waals surface area contributed by atoms with Gasteiger partial charge in [-0.2, -0.15) is 0 Å². The number of hydrogen-bond acceptors (Lipinski definition) is 7. The molecule has 1 aliphatic rings. The van der Waals surface area contributed by atoms with E-state index in [1.165, 1.54) is 17.2 Å². The summed E-state index contributed by atoms with van der Waals surface area (Å²) in [5.41, 5.74) is 2.21. The van der Waals surface area contributed by atoms with Crippen LogP contribution in [0, 0.1) is 5.82 Å². The second-order valence-corrected chi connectivity index (χ2v) is 11.2. The molecule has 2 aromatic rings. The third kappa shape index (κ3) is 7.34. The maximum absolute atomic E-state index is 14.9. The van der Waals surface area contributed by atoms with E-state index in [2.05, 4.69) is 38.6 Å². The van der Waals surface area contributed by atoms with E-state index < -0.39 is 20.7 Å². The van der Waals surface area contributed by atoms with E-state index in [1.54, 1.807) is 6.26 Å². The summed E-state index contributed by atoms with van der Waals surface area (Å²) >= 11 is 14.1. The number of rotatable bonds is 10. The quantitative estimate of drug-likeness (QED) is 0.413. The molecule has 2 aromatic carbocycles. The monoisotopic (exact) mass is 559 g/mol. The summed E-state index contributed by atoms with van der Waals surface area (Å²) < 4.78 is 42.4. The van der Waals surface area contributed by atoms with Crippen LogP contribution in [-0.2, 0) is 23.1 Å². The Morgan fingerprint density at radius 2 is 1.94 bits per heavy atom. The van der Waals surface area contributed by atoms with Crippen LogP contribution in [0.1, 0.15) is 11.1 Å². The number of likely N-dealkylation sites (N-methyl/N-ethyl adjacent to an activating group) is 1. The molecule has 190 valence electrons. The minimum atomic E-state index is -4.25. The third-order valence-corrected chi connectivity index (χ3v) is 8.11. The maximum atomic E-state index is 14.9. The molecule has 0 spiro atoms. The van der Waals surface area contributed by atoms with E-state index in [1.807, 2.05) is 18.2 Å². The van der Waals surface area contributed by atoms with Crippen LogP contribution in [0.15, 0.2) is 51.4 Å². The Morgan fingerprint density at radius 3 is 2.60 bits per heavy atom. The lowest BCUT2D eigenvalue weighted by atomic mass is 10.1. The van der Waals surface area contributed by atoms with Crippen molar-refractivity contribution in [1.82, 2.24) is 14.5 Å². The summed E-state index contributed by atoms with van der Waals surface area (Å²) in [7, 11) is -2.14. The highest BCUT2D eigenvalue weighted by Gasteiger charge is 2.23. The van der Waals surface area contributed by atoms with Crippen LogP contribution in [-0.4, -0.2) is 64.4 Å². The Bertz CT molecular complexity index is 1200. The lowest BCUT2D eigenvalue weighted by molar-refractivity contribution is 0.148. The largest absolute Gasteiger partial charge is 0.380 e. The Hall–Kier alpha value is -1.82. The molecule has 0 bridgehead atoms. The van der Waals surface area contributed by atoms with Crippen LogP contribution in [0.5, 0.6) is 0 Å². The number of sulfonamides is 1. The summed E-state index contributed by atoms with van der Waals surface area (Å²) in [5, 5.41) is 5.20. The van der Waals surface area contributed by atoms with Gasteiger partial charge in [-0.25, -0.2) is 17.8 Å². The molecule has 0 saturated carbocycles. The van der Waals surface area contributed by atoms with Gasteiger partial charge in [0, 0.05) is 49.7 Å². The van der Waals surface area contributed by atoms with Crippen LogP contribution in [0.4, 0.5) is 10.1 Å². The van der Waals surface area contributed by atoms with E-state index >= 15 is 0 Å². The zero-order valence-corrected chi connectivity index (χ0v) is 22.7. The van der Waals surface area contributed by atoms with Gasteiger partial charge in [0.25, 0.3) is 10.0 Å². The van der Waals surface area contributed by atoms with Gasteiger partial charge in [-0.3, -0.25) is 9.62 Å². The predicted octanol–water partition coefficient (Wildman–Crippen LogP) is 4.63. The number of thioether (sulfide) groups is 1. The smallest absolute Gasteiger partial charge is 0.266 e. The van der Waals surface area contributed by atoms with Crippen molar-refractivity contribution in [2.45, 2.75) is 18.0 Å². The highest BCUT2D eigenvalue weighted by atomic mass is 35.5.